The minimum absolute atomic E-state index is 0.0332. The maximum atomic E-state index is 12.4. The lowest BCUT2D eigenvalue weighted by molar-refractivity contribution is -0.136. The van der Waals surface area contributed by atoms with Crippen LogP contribution in [0.15, 0.2) is 30.3 Å². The van der Waals surface area contributed by atoms with E-state index in [0.29, 0.717) is 18.4 Å². The Bertz CT molecular complexity index is 1030. The van der Waals surface area contributed by atoms with Gasteiger partial charge in [-0.1, -0.05) is 24.3 Å². The molecule has 1 aliphatic heterocycles. The Kier molecular flexibility index (Phi) is 5.46. The highest BCUT2D eigenvalue weighted by molar-refractivity contribution is 7.91. The summed E-state index contributed by atoms with van der Waals surface area (Å²) in [7, 11) is -3.15. The van der Waals surface area contributed by atoms with Crippen molar-refractivity contribution in [1.29, 1.82) is 0 Å². The Labute approximate surface area is 162 Å². The lowest BCUT2D eigenvalue weighted by Gasteiger charge is -2.26. The standard InChI is InChI=1S/C19H21NO7S/c1-2-20(12-7-8-28(25,26)11-12)17(22)10-27-19(24)15-9-16(21)13-5-3-4-6-14(13)18(15)23/h3-6,9,12,21,23H,2,7-8,10-11H2,1H3. The fourth-order valence-corrected chi connectivity index (χ4v) is 5.17. The summed E-state index contributed by atoms with van der Waals surface area (Å²) in [4.78, 5) is 26.1. The molecule has 1 aliphatic rings. The van der Waals surface area contributed by atoms with E-state index in [-0.39, 0.29) is 34.0 Å². The first-order valence-corrected chi connectivity index (χ1v) is 10.7. The van der Waals surface area contributed by atoms with E-state index in [1.165, 1.54) is 4.90 Å². The number of hydrogen-bond donors (Lipinski definition) is 2. The van der Waals surface area contributed by atoms with Gasteiger partial charge in [0.05, 0.1) is 11.5 Å². The minimum atomic E-state index is -3.15. The molecule has 8 nitrogen and oxygen atoms in total. The van der Waals surface area contributed by atoms with Crippen molar-refractivity contribution in [2.45, 2.75) is 19.4 Å². The fourth-order valence-electron chi connectivity index (χ4n) is 3.44. The number of aromatic hydroxyl groups is 2. The van der Waals surface area contributed by atoms with E-state index >= 15 is 0 Å². The van der Waals surface area contributed by atoms with Crippen molar-refractivity contribution >= 4 is 32.5 Å². The van der Waals surface area contributed by atoms with Crippen molar-refractivity contribution < 1.29 is 33.0 Å². The topological polar surface area (TPSA) is 121 Å². The van der Waals surface area contributed by atoms with Crippen LogP contribution >= 0.6 is 0 Å². The van der Waals surface area contributed by atoms with Gasteiger partial charge in [0.2, 0.25) is 0 Å². The van der Waals surface area contributed by atoms with E-state index in [2.05, 4.69) is 0 Å². The maximum absolute atomic E-state index is 12.4. The summed E-state index contributed by atoms with van der Waals surface area (Å²) in [6.45, 7) is 1.42. The monoisotopic (exact) mass is 407 g/mol. The van der Waals surface area contributed by atoms with Crippen LogP contribution in [0.5, 0.6) is 11.5 Å². The fraction of sp³-hybridized carbons (Fsp3) is 0.368. The Morgan fingerprint density at radius 3 is 2.50 bits per heavy atom. The summed E-state index contributed by atoms with van der Waals surface area (Å²) in [5.41, 5.74) is -0.254. The third-order valence-corrected chi connectivity index (χ3v) is 6.60. The second kappa shape index (κ2) is 7.67. The molecule has 28 heavy (non-hydrogen) atoms. The molecule has 1 heterocycles. The highest BCUT2D eigenvalue weighted by Crippen LogP contribution is 2.35. The number of fused-ring (bicyclic) bond motifs is 1. The van der Waals surface area contributed by atoms with E-state index in [1.54, 1.807) is 31.2 Å². The van der Waals surface area contributed by atoms with Crippen molar-refractivity contribution in [1.82, 2.24) is 4.90 Å². The number of benzene rings is 2. The number of nitrogens with zero attached hydrogens (tertiary/aromatic N) is 1. The molecule has 0 aliphatic carbocycles. The summed E-state index contributed by atoms with van der Waals surface area (Å²) in [5, 5.41) is 21.1. The molecule has 1 fully saturated rings. The number of ether oxygens (including phenoxy) is 1. The number of carbonyl (C=O) groups excluding carboxylic acids is 2. The van der Waals surface area contributed by atoms with Crippen LogP contribution < -0.4 is 0 Å². The molecule has 9 heteroatoms. The molecule has 0 saturated carbocycles. The summed E-state index contributed by atoms with van der Waals surface area (Å²) in [6.07, 6.45) is 0.356. The van der Waals surface area contributed by atoms with Crippen LogP contribution in [0.3, 0.4) is 0 Å². The second-order valence-corrected chi connectivity index (χ2v) is 8.88. The molecular weight excluding hydrogens is 386 g/mol. The SMILES string of the molecule is CCN(C(=O)COC(=O)c1cc(O)c2ccccc2c1O)C1CCS(=O)(=O)C1. The number of likely N-dealkylation sites (N-methyl/N-ethyl adjacent to an activating group) is 1. The maximum Gasteiger partial charge on any atom is 0.342 e. The second-order valence-electron chi connectivity index (χ2n) is 6.65. The van der Waals surface area contributed by atoms with E-state index in [0.717, 1.165) is 6.07 Å². The van der Waals surface area contributed by atoms with Gasteiger partial charge in [-0.05, 0) is 19.4 Å². The molecule has 0 bridgehead atoms. The quantitative estimate of drug-likeness (QED) is 0.568. The number of sulfone groups is 1. The van der Waals surface area contributed by atoms with E-state index in [1.807, 2.05) is 0 Å². The molecule has 3 rings (SSSR count). The van der Waals surface area contributed by atoms with E-state index < -0.39 is 34.4 Å². The predicted molar refractivity (Wildman–Crippen MR) is 102 cm³/mol. The summed E-state index contributed by atoms with van der Waals surface area (Å²) < 4.78 is 28.3. The van der Waals surface area contributed by atoms with E-state index in [4.69, 9.17) is 4.74 Å². The first-order valence-electron chi connectivity index (χ1n) is 8.84. The summed E-state index contributed by atoms with van der Waals surface area (Å²) in [6, 6.07) is 7.13. The third kappa shape index (κ3) is 3.89. The van der Waals surface area contributed by atoms with Crippen molar-refractivity contribution in [2.75, 3.05) is 24.7 Å². The Morgan fingerprint density at radius 2 is 1.89 bits per heavy atom. The Balaban J connectivity index is 1.72. The molecule has 1 amide bonds. The van der Waals surface area contributed by atoms with Crippen molar-refractivity contribution in [3.05, 3.63) is 35.9 Å². The highest BCUT2D eigenvalue weighted by atomic mass is 32.2. The number of amides is 1. The smallest absolute Gasteiger partial charge is 0.342 e. The Hall–Kier alpha value is -2.81. The lowest BCUT2D eigenvalue weighted by Crippen LogP contribution is -2.43. The average molecular weight is 407 g/mol. The van der Waals surface area contributed by atoms with Gasteiger partial charge in [0.1, 0.15) is 17.1 Å². The van der Waals surface area contributed by atoms with Gasteiger partial charge in [-0.15, -0.1) is 0 Å². The van der Waals surface area contributed by atoms with Gasteiger partial charge in [-0.2, -0.15) is 0 Å². The van der Waals surface area contributed by atoms with Gasteiger partial charge in [0, 0.05) is 23.4 Å². The number of rotatable bonds is 5. The van der Waals surface area contributed by atoms with E-state index in [9.17, 15) is 28.2 Å². The largest absolute Gasteiger partial charge is 0.507 e. The van der Waals surface area contributed by atoms with Gasteiger partial charge < -0.3 is 19.8 Å². The van der Waals surface area contributed by atoms with Crippen LogP contribution in [0, 0.1) is 0 Å². The highest BCUT2D eigenvalue weighted by Gasteiger charge is 2.34. The van der Waals surface area contributed by atoms with Crippen LogP contribution in [0.25, 0.3) is 10.8 Å². The molecule has 150 valence electrons. The molecule has 1 saturated heterocycles. The normalized spacial score (nSPS) is 18.1. The molecule has 2 aromatic carbocycles. The zero-order chi connectivity index (χ0) is 20.5. The van der Waals surface area contributed by atoms with Crippen LogP contribution in [-0.2, 0) is 19.4 Å². The average Bonchev–Trinajstić information content (AvgIpc) is 3.02. The van der Waals surface area contributed by atoms with Gasteiger partial charge >= 0.3 is 5.97 Å². The molecule has 2 aromatic rings. The van der Waals surface area contributed by atoms with Crippen molar-refractivity contribution in [3.63, 3.8) is 0 Å². The van der Waals surface area contributed by atoms with Crippen molar-refractivity contribution in [2.24, 2.45) is 0 Å². The zero-order valence-electron chi connectivity index (χ0n) is 15.3. The lowest BCUT2D eigenvalue weighted by atomic mass is 10.0. The van der Waals surface area contributed by atoms with Crippen molar-refractivity contribution in [3.8, 4) is 11.5 Å². The molecule has 0 aromatic heterocycles. The van der Waals surface area contributed by atoms with Crippen LogP contribution in [0.2, 0.25) is 0 Å². The van der Waals surface area contributed by atoms with Crippen LogP contribution in [-0.4, -0.2) is 66.1 Å². The molecule has 0 spiro atoms. The number of carbonyl (C=O) groups is 2. The molecule has 1 atom stereocenters. The number of hydrogen-bond acceptors (Lipinski definition) is 7. The van der Waals surface area contributed by atoms with Gasteiger partial charge in [-0.3, -0.25) is 4.79 Å². The number of esters is 1. The third-order valence-electron chi connectivity index (χ3n) is 4.85. The first kappa shape index (κ1) is 19.9. The minimum Gasteiger partial charge on any atom is -0.507 e. The van der Waals surface area contributed by atoms with Gasteiger partial charge in [0.25, 0.3) is 5.91 Å². The molecule has 0 radical (unpaired) electrons. The Morgan fingerprint density at radius 1 is 1.21 bits per heavy atom. The van der Waals surface area contributed by atoms with Gasteiger partial charge in [0.15, 0.2) is 16.4 Å². The van der Waals surface area contributed by atoms with Crippen LogP contribution in [0.1, 0.15) is 23.7 Å². The van der Waals surface area contributed by atoms with Crippen LogP contribution in [0.4, 0.5) is 0 Å². The number of phenolic OH excluding ortho intramolecular Hbond substituents is 2. The summed E-state index contributed by atoms with van der Waals surface area (Å²) >= 11 is 0. The molecular formula is C19H21NO7S. The zero-order valence-corrected chi connectivity index (χ0v) is 16.1. The van der Waals surface area contributed by atoms with Gasteiger partial charge in [-0.25, -0.2) is 13.2 Å². The molecule has 1 unspecified atom stereocenters. The first-order chi connectivity index (χ1) is 13.2. The predicted octanol–water partition coefficient (Wildman–Crippen LogP) is 1.44. The number of phenols is 2. The molecule has 2 N–H and O–H groups in total. The summed E-state index contributed by atoms with van der Waals surface area (Å²) in [5.74, 6) is -2.08.